The smallest absolute Gasteiger partial charge is 0.306 e. The number of nitrogens with zero attached hydrogens (tertiary/aromatic N) is 2. The molecule has 2 aliphatic rings. The lowest BCUT2D eigenvalue weighted by Crippen LogP contribution is -2.50. The average molecular weight is 299 g/mol. The van der Waals surface area contributed by atoms with E-state index in [0.29, 0.717) is 6.04 Å². The van der Waals surface area contributed by atoms with Crippen LogP contribution in [0, 0.1) is 5.92 Å². The summed E-state index contributed by atoms with van der Waals surface area (Å²) in [6.45, 7) is 4.61. The van der Waals surface area contributed by atoms with Crippen molar-refractivity contribution in [3.8, 4) is 0 Å². The van der Waals surface area contributed by atoms with Gasteiger partial charge in [-0.1, -0.05) is 0 Å². The van der Waals surface area contributed by atoms with Gasteiger partial charge in [0.05, 0.1) is 5.92 Å². The second-order valence-electron chi connectivity index (χ2n) is 5.18. The Balaban J connectivity index is 0.00000144. The van der Waals surface area contributed by atoms with E-state index in [-0.39, 0.29) is 30.7 Å². The van der Waals surface area contributed by atoms with Crippen molar-refractivity contribution >= 4 is 30.8 Å². The van der Waals surface area contributed by atoms with Crippen molar-refractivity contribution in [1.82, 2.24) is 9.80 Å². The quantitative estimate of drug-likeness (QED) is 0.843. The van der Waals surface area contributed by atoms with Crippen molar-refractivity contribution in [1.29, 1.82) is 0 Å². The fourth-order valence-corrected chi connectivity index (χ4v) is 2.87. The number of carboxylic acid groups (broad SMARTS) is 1. The highest BCUT2D eigenvalue weighted by molar-refractivity contribution is 5.85. The van der Waals surface area contributed by atoms with Gasteiger partial charge >= 0.3 is 5.97 Å². The van der Waals surface area contributed by atoms with Gasteiger partial charge in [0, 0.05) is 32.2 Å². The highest BCUT2D eigenvalue weighted by Gasteiger charge is 2.30. The predicted molar refractivity (Wildman–Crippen MR) is 76.9 cm³/mol. The summed E-state index contributed by atoms with van der Waals surface area (Å²) in [6, 6.07) is 0.643. The fraction of sp³-hybridized carbons (Fsp3) is 0.917. The lowest BCUT2D eigenvalue weighted by molar-refractivity contribution is -0.143. The minimum atomic E-state index is -0.600. The van der Waals surface area contributed by atoms with Crippen LogP contribution in [0.5, 0.6) is 0 Å². The largest absolute Gasteiger partial charge is 0.481 e. The molecule has 0 aromatic carbocycles. The van der Waals surface area contributed by atoms with Crippen molar-refractivity contribution in [2.45, 2.75) is 31.7 Å². The highest BCUT2D eigenvalue weighted by Crippen LogP contribution is 2.28. The predicted octanol–water partition coefficient (Wildman–Crippen LogP) is 1.72. The third-order valence-corrected chi connectivity index (χ3v) is 4.10. The molecule has 4 nitrogen and oxygen atoms in total. The van der Waals surface area contributed by atoms with Gasteiger partial charge < -0.3 is 10.0 Å². The molecule has 1 N–H and O–H groups in total. The van der Waals surface area contributed by atoms with Gasteiger partial charge in [-0.05, 0) is 32.7 Å². The first kappa shape index (κ1) is 18.0. The van der Waals surface area contributed by atoms with Crippen LogP contribution >= 0.6 is 24.8 Å². The molecule has 0 amide bonds. The van der Waals surface area contributed by atoms with Gasteiger partial charge in [-0.3, -0.25) is 9.69 Å². The first-order valence-electron chi connectivity index (χ1n) is 6.32. The summed E-state index contributed by atoms with van der Waals surface area (Å²) in [5.74, 6) is -0.680. The molecule has 1 aliphatic heterocycles. The van der Waals surface area contributed by atoms with Gasteiger partial charge in [-0.15, -0.1) is 24.8 Å². The molecule has 1 heterocycles. The van der Waals surface area contributed by atoms with E-state index >= 15 is 0 Å². The Morgan fingerprint density at radius 3 is 1.94 bits per heavy atom. The average Bonchev–Trinajstić information content (AvgIpc) is 2.30. The van der Waals surface area contributed by atoms with Crippen LogP contribution in [0.15, 0.2) is 0 Å². The summed E-state index contributed by atoms with van der Waals surface area (Å²) < 4.78 is 0. The number of hydrogen-bond acceptors (Lipinski definition) is 3. The topological polar surface area (TPSA) is 43.8 Å². The molecule has 0 unspecified atom stereocenters. The van der Waals surface area contributed by atoms with Gasteiger partial charge in [0.1, 0.15) is 0 Å². The minimum absolute atomic E-state index is 0. The van der Waals surface area contributed by atoms with E-state index in [1.807, 2.05) is 0 Å². The summed E-state index contributed by atoms with van der Waals surface area (Å²) in [5.41, 5.74) is 0. The molecule has 0 atom stereocenters. The molecule has 18 heavy (non-hydrogen) atoms. The van der Waals surface area contributed by atoms with E-state index < -0.39 is 5.97 Å². The summed E-state index contributed by atoms with van der Waals surface area (Å²) in [6.07, 6.45) is 3.88. The first-order valence-corrected chi connectivity index (χ1v) is 6.32. The summed E-state index contributed by atoms with van der Waals surface area (Å²) in [4.78, 5) is 15.8. The number of aliphatic carboxylic acids is 1. The molecule has 0 aromatic heterocycles. The molecule has 1 saturated carbocycles. The molecule has 108 valence electrons. The van der Waals surface area contributed by atoms with Gasteiger partial charge in [0.2, 0.25) is 0 Å². The van der Waals surface area contributed by atoms with Crippen LogP contribution in [-0.2, 0) is 4.79 Å². The van der Waals surface area contributed by atoms with E-state index in [1.165, 1.54) is 0 Å². The van der Waals surface area contributed by atoms with Gasteiger partial charge in [-0.25, -0.2) is 0 Å². The second-order valence-corrected chi connectivity index (χ2v) is 5.18. The Morgan fingerprint density at radius 1 is 1.00 bits per heavy atom. The van der Waals surface area contributed by atoms with E-state index in [0.717, 1.165) is 51.9 Å². The molecular formula is C12H24Cl2N2O2. The van der Waals surface area contributed by atoms with Crippen LogP contribution < -0.4 is 0 Å². The molecule has 0 spiro atoms. The maximum Gasteiger partial charge on any atom is 0.306 e. The summed E-state index contributed by atoms with van der Waals surface area (Å²) in [7, 11) is 2.17. The van der Waals surface area contributed by atoms with Crippen molar-refractivity contribution < 1.29 is 9.90 Å². The van der Waals surface area contributed by atoms with Gasteiger partial charge in [-0.2, -0.15) is 0 Å². The van der Waals surface area contributed by atoms with Crippen LogP contribution in [0.3, 0.4) is 0 Å². The van der Waals surface area contributed by atoms with Crippen LogP contribution in [0.4, 0.5) is 0 Å². The molecule has 0 bridgehead atoms. The maximum atomic E-state index is 10.9. The van der Waals surface area contributed by atoms with Crippen LogP contribution in [-0.4, -0.2) is 60.1 Å². The Kier molecular flexibility index (Phi) is 8.19. The van der Waals surface area contributed by atoms with Gasteiger partial charge in [0.25, 0.3) is 0 Å². The first-order chi connectivity index (χ1) is 7.66. The summed E-state index contributed by atoms with van der Waals surface area (Å²) >= 11 is 0. The summed E-state index contributed by atoms with van der Waals surface area (Å²) in [5, 5.41) is 8.95. The Labute approximate surface area is 122 Å². The Morgan fingerprint density at radius 2 is 1.50 bits per heavy atom. The maximum absolute atomic E-state index is 10.9. The van der Waals surface area contributed by atoms with E-state index in [1.54, 1.807) is 0 Å². The number of hydrogen-bond donors (Lipinski definition) is 1. The van der Waals surface area contributed by atoms with Crippen molar-refractivity contribution in [3.05, 3.63) is 0 Å². The van der Waals surface area contributed by atoms with E-state index in [2.05, 4.69) is 16.8 Å². The molecule has 0 radical (unpaired) electrons. The highest BCUT2D eigenvalue weighted by atomic mass is 35.5. The lowest BCUT2D eigenvalue weighted by atomic mass is 9.85. The number of halogens is 2. The SMILES string of the molecule is CN1CCN(C2CCC(C(=O)O)CC2)CC1.Cl.Cl. The molecule has 1 aliphatic carbocycles. The monoisotopic (exact) mass is 298 g/mol. The third-order valence-electron chi connectivity index (χ3n) is 4.10. The zero-order valence-electron chi connectivity index (χ0n) is 10.9. The van der Waals surface area contributed by atoms with E-state index in [4.69, 9.17) is 5.11 Å². The number of piperazine rings is 1. The minimum Gasteiger partial charge on any atom is -0.481 e. The molecule has 6 heteroatoms. The van der Waals surface area contributed by atoms with Crippen molar-refractivity contribution in [2.75, 3.05) is 33.2 Å². The molecule has 2 fully saturated rings. The standard InChI is InChI=1S/C12H22N2O2.2ClH/c1-13-6-8-14(9-7-13)11-4-2-10(3-5-11)12(15)16;;/h10-11H,2-9H2,1H3,(H,15,16);2*1H. The zero-order chi connectivity index (χ0) is 11.5. The third kappa shape index (κ3) is 4.57. The zero-order valence-corrected chi connectivity index (χ0v) is 12.5. The Hall–Kier alpha value is -0.0300. The molecular weight excluding hydrogens is 275 g/mol. The second kappa shape index (κ2) is 8.20. The lowest BCUT2D eigenvalue weighted by Gasteiger charge is -2.40. The van der Waals surface area contributed by atoms with Crippen LogP contribution in [0.2, 0.25) is 0 Å². The van der Waals surface area contributed by atoms with Crippen molar-refractivity contribution in [3.63, 3.8) is 0 Å². The normalized spacial score (nSPS) is 30.1. The number of rotatable bonds is 2. The van der Waals surface area contributed by atoms with E-state index in [9.17, 15) is 4.79 Å². The molecule has 0 aromatic rings. The van der Waals surface area contributed by atoms with Crippen LogP contribution in [0.25, 0.3) is 0 Å². The van der Waals surface area contributed by atoms with Crippen molar-refractivity contribution in [2.24, 2.45) is 5.92 Å². The van der Waals surface area contributed by atoms with Gasteiger partial charge in [0.15, 0.2) is 0 Å². The fourth-order valence-electron chi connectivity index (χ4n) is 2.87. The Bertz CT molecular complexity index is 250. The number of carbonyl (C=O) groups is 1. The van der Waals surface area contributed by atoms with Crippen LogP contribution in [0.1, 0.15) is 25.7 Å². The number of carboxylic acids is 1. The number of likely N-dealkylation sites (N-methyl/N-ethyl adjacent to an activating group) is 1. The molecule has 1 saturated heterocycles. The molecule has 2 rings (SSSR count).